The Kier molecular flexibility index (Phi) is 3.84. The van der Waals surface area contributed by atoms with Crippen LogP contribution in [0.2, 0.25) is 0 Å². The van der Waals surface area contributed by atoms with E-state index in [0.29, 0.717) is 11.7 Å². The Balaban J connectivity index is 2.08. The van der Waals surface area contributed by atoms with Gasteiger partial charge in [-0.2, -0.15) is 0 Å². The Hall–Kier alpha value is -1.18. The molecular formula is C16H23NO. The molecule has 1 aromatic rings. The third kappa shape index (κ3) is 2.98. The number of hydrogen-bond donors (Lipinski definition) is 0. The van der Waals surface area contributed by atoms with Crippen LogP contribution in [-0.2, 0) is 11.2 Å². The lowest BCUT2D eigenvalue weighted by Crippen LogP contribution is -2.36. The average Bonchev–Trinajstić information content (AvgIpc) is 2.29. The molecule has 0 bridgehead atoms. The normalized spacial score (nSPS) is 25.2. The van der Waals surface area contributed by atoms with Gasteiger partial charge in [0, 0.05) is 24.7 Å². The molecule has 1 fully saturated rings. The number of pyridine rings is 1. The number of hydrogen-bond acceptors (Lipinski definition) is 2. The highest BCUT2D eigenvalue weighted by atomic mass is 16.1. The van der Waals surface area contributed by atoms with E-state index in [9.17, 15) is 4.79 Å². The van der Waals surface area contributed by atoms with E-state index < -0.39 is 0 Å². The lowest BCUT2D eigenvalue weighted by molar-refractivity contribution is -0.129. The molecule has 2 nitrogen and oxygen atoms in total. The predicted molar refractivity (Wildman–Crippen MR) is 73.2 cm³/mol. The van der Waals surface area contributed by atoms with E-state index in [1.807, 2.05) is 12.3 Å². The molecule has 18 heavy (non-hydrogen) atoms. The molecule has 2 unspecified atom stereocenters. The van der Waals surface area contributed by atoms with Crippen LogP contribution in [0, 0.1) is 17.3 Å². The smallest absolute Gasteiger partial charge is 0.136 e. The van der Waals surface area contributed by atoms with Crippen LogP contribution in [0.3, 0.4) is 0 Å². The number of ketones is 1. The Morgan fingerprint density at radius 1 is 1.39 bits per heavy atom. The quantitative estimate of drug-likeness (QED) is 0.813. The van der Waals surface area contributed by atoms with Crippen molar-refractivity contribution >= 4 is 5.78 Å². The van der Waals surface area contributed by atoms with Crippen LogP contribution in [0.15, 0.2) is 24.5 Å². The molecule has 1 aromatic heterocycles. The van der Waals surface area contributed by atoms with E-state index >= 15 is 0 Å². The summed E-state index contributed by atoms with van der Waals surface area (Å²) in [6.45, 7) is 6.62. The molecule has 2 rings (SSSR count). The highest BCUT2D eigenvalue weighted by Crippen LogP contribution is 2.39. The van der Waals surface area contributed by atoms with Crippen molar-refractivity contribution in [3.63, 3.8) is 0 Å². The SMILES string of the molecule is CC1CCC(C(C)(C)Cc2cccnc2)C(=O)C1. The zero-order valence-corrected chi connectivity index (χ0v) is 11.6. The van der Waals surface area contributed by atoms with Crippen LogP contribution in [0.25, 0.3) is 0 Å². The van der Waals surface area contributed by atoms with Crippen molar-refractivity contribution in [2.24, 2.45) is 17.3 Å². The van der Waals surface area contributed by atoms with E-state index in [4.69, 9.17) is 0 Å². The second-order valence-corrected chi connectivity index (χ2v) is 6.43. The first-order valence-electron chi connectivity index (χ1n) is 6.90. The molecule has 2 atom stereocenters. The summed E-state index contributed by atoms with van der Waals surface area (Å²) in [6, 6.07) is 4.07. The maximum absolute atomic E-state index is 12.2. The van der Waals surface area contributed by atoms with Gasteiger partial charge in [-0.05, 0) is 42.2 Å². The molecule has 0 aliphatic heterocycles. The van der Waals surface area contributed by atoms with E-state index in [0.717, 1.165) is 19.3 Å². The summed E-state index contributed by atoms with van der Waals surface area (Å²) in [5, 5.41) is 0. The minimum absolute atomic E-state index is 0.0419. The fraction of sp³-hybridized carbons (Fsp3) is 0.625. The number of carbonyl (C=O) groups is 1. The molecule has 0 radical (unpaired) electrons. The van der Waals surface area contributed by atoms with E-state index in [1.165, 1.54) is 12.0 Å². The topological polar surface area (TPSA) is 30.0 Å². The Morgan fingerprint density at radius 3 is 2.78 bits per heavy atom. The number of rotatable bonds is 3. The number of carbonyl (C=O) groups excluding carboxylic acids is 1. The summed E-state index contributed by atoms with van der Waals surface area (Å²) in [7, 11) is 0. The van der Waals surface area contributed by atoms with Crippen LogP contribution in [0.5, 0.6) is 0 Å². The molecule has 1 saturated carbocycles. The van der Waals surface area contributed by atoms with Crippen LogP contribution >= 0.6 is 0 Å². The van der Waals surface area contributed by atoms with Crippen LogP contribution < -0.4 is 0 Å². The second-order valence-electron chi connectivity index (χ2n) is 6.43. The van der Waals surface area contributed by atoms with Gasteiger partial charge in [-0.25, -0.2) is 0 Å². The van der Waals surface area contributed by atoms with Crippen molar-refractivity contribution in [1.29, 1.82) is 0 Å². The van der Waals surface area contributed by atoms with Crippen molar-refractivity contribution in [2.75, 3.05) is 0 Å². The van der Waals surface area contributed by atoms with E-state index in [-0.39, 0.29) is 11.3 Å². The van der Waals surface area contributed by atoms with Gasteiger partial charge in [0.1, 0.15) is 5.78 Å². The Bertz CT molecular complexity index is 410. The van der Waals surface area contributed by atoms with Gasteiger partial charge >= 0.3 is 0 Å². The fourth-order valence-electron chi connectivity index (χ4n) is 3.18. The first-order valence-corrected chi connectivity index (χ1v) is 6.90. The van der Waals surface area contributed by atoms with Crippen molar-refractivity contribution in [1.82, 2.24) is 4.98 Å². The zero-order valence-electron chi connectivity index (χ0n) is 11.6. The Morgan fingerprint density at radius 2 is 2.17 bits per heavy atom. The lowest BCUT2D eigenvalue weighted by atomic mass is 9.66. The highest BCUT2D eigenvalue weighted by Gasteiger charge is 2.37. The molecule has 1 aliphatic rings. The zero-order chi connectivity index (χ0) is 13.2. The maximum Gasteiger partial charge on any atom is 0.136 e. The third-order valence-electron chi connectivity index (χ3n) is 4.21. The highest BCUT2D eigenvalue weighted by molar-refractivity contribution is 5.82. The summed E-state index contributed by atoms with van der Waals surface area (Å²) in [5.41, 5.74) is 1.27. The lowest BCUT2D eigenvalue weighted by Gasteiger charge is -2.37. The van der Waals surface area contributed by atoms with Gasteiger partial charge in [-0.3, -0.25) is 9.78 Å². The monoisotopic (exact) mass is 245 g/mol. The molecule has 98 valence electrons. The summed E-state index contributed by atoms with van der Waals surface area (Å²) in [4.78, 5) is 16.4. The summed E-state index contributed by atoms with van der Waals surface area (Å²) < 4.78 is 0. The second kappa shape index (κ2) is 5.21. The molecule has 0 amide bonds. The number of aromatic nitrogens is 1. The summed E-state index contributed by atoms with van der Waals surface area (Å²) >= 11 is 0. The third-order valence-corrected chi connectivity index (χ3v) is 4.21. The van der Waals surface area contributed by atoms with E-state index in [2.05, 4.69) is 31.8 Å². The molecule has 1 aliphatic carbocycles. The molecule has 0 aromatic carbocycles. The molecule has 0 spiro atoms. The molecule has 0 N–H and O–H groups in total. The maximum atomic E-state index is 12.2. The van der Waals surface area contributed by atoms with Crippen molar-refractivity contribution in [3.05, 3.63) is 30.1 Å². The van der Waals surface area contributed by atoms with Gasteiger partial charge in [0.2, 0.25) is 0 Å². The van der Waals surface area contributed by atoms with Gasteiger partial charge in [-0.15, -0.1) is 0 Å². The van der Waals surface area contributed by atoms with Crippen LogP contribution in [-0.4, -0.2) is 10.8 Å². The predicted octanol–water partition coefficient (Wildman–Crippen LogP) is 3.66. The molecular weight excluding hydrogens is 222 g/mol. The standard InChI is InChI=1S/C16H23NO/c1-12-6-7-14(15(18)9-12)16(2,3)10-13-5-4-8-17-11-13/h4-5,8,11-12,14H,6-7,9-10H2,1-3H3. The van der Waals surface area contributed by atoms with Gasteiger partial charge in [-0.1, -0.05) is 26.8 Å². The first kappa shape index (κ1) is 13.3. The van der Waals surface area contributed by atoms with Gasteiger partial charge < -0.3 is 0 Å². The Labute approximate surface area is 110 Å². The van der Waals surface area contributed by atoms with Crippen LogP contribution in [0.4, 0.5) is 0 Å². The minimum atomic E-state index is 0.0419. The van der Waals surface area contributed by atoms with E-state index in [1.54, 1.807) is 6.20 Å². The largest absolute Gasteiger partial charge is 0.299 e. The van der Waals surface area contributed by atoms with Crippen LogP contribution in [0.1, 0.15) is 45.6 Å². The van der Waals surface area contributed by atoms with Gasteiger partial charge in [0.25, 0.3) is 0 Å². The molecule has 0 saturated heterocycles. The minimum Gasteiger partial charge on any atom is -0.299 e. The molecule has 2 heteroatoms. The average molecular weight is 245 g/mol. The van der Waals surface area contributed by atoms with Crippen molar-refractivity contribution in [3.8, 4) is 0 Å². The van der Waals surface area contributed by atoms with Gasteiger partial charge in [0.15, 0.2) is 0 Å². The number of Topliss-reactive ketones (excluding diaryl/α,β-unsaturated/α-hetero) is 1. The summed E-state index contributed by atoms with van der Waals surface area (Å²) in [5.74, 6) is 1.25. The van der Waals surface area contributed by atoms with Crippen molar-refractivity contribution in [2.45, 2.75) is 46.5 Å². The molecule has 1 heterocycles. The first-order chi connectivity index (χ1) is 8.49. The van der Waals surface area contributed by atoms with Gasteiger partial charge in [0.05, 0.1) is 0 Å². The van der Waals surface area contributed by atoms with Crippen molar-refractivity contribution < 1.29 is 4.79 Å². The number of nitrogens with zero attached hydrogens (tertiary/aromatic N) is 1. The summed E-state index contributed by atoms with van der Waals surface area (Å²) in [6.07, 6.45) is 7.65. The fourth-order valence-corrected chi connectivity index (χ4v) is 3.18.